The molecule has 0 spiro atoms. The molecule has 0 unspecified atom stereocenters. The molecule has 0 saturated heterocycles. The molecule has 1 aromatic heterocycles. The van der Waals surface area contributed by atoms with Crippen LogP contribution in [0.1, 0.15) is 15.9 Å². The second-order valence-electron chi connectivity index (χ2n) is 3.18. The fourth-order valence-corrected chi connectivity index (χ4v) is 1.88. The highest BCUT2D eigenvalue weighted by atomic mass is 127. The average molecular weight is 344 g/mol. The Bertz CT molecular complexity index is 525. The molecule has 2 rings (SSSR count). The van der Waals surface area contributed by atoms with Gasteiger partial charge in [0.25, 0.3) is 0 Å². The van der Waals surface area contributed by atoms with E-state index in [1.54, 1.807) is 30.5 Å². The molecule has 0 atom stereocenters. The second kappa shape index (κ2) is 4.93. The SMILES string of the molecule is O=C(c1ccc(I)cc1)c1cccnc1Cl. The minimum absolute atomic E-state index is 0.102. The zero-order valence-electron chi connectivity index (χ0n) is 8.15. The van der Waals surface area contributed by atoms with E-state index >= 15 is 0 Å². The predicted octanol–water partition coefficient (Wildman–Crippen LogP) is 3.57. The number of halogens is 2. The number of carbonyl (C=O) groups excluding carboxylic acids is 1. The third-order valence-corrected chi connectivity index (χ3v) is 3.13. The molecular weight excluding hydrogens is 336 g/mol. The first-order valence-corrected chi connectivity index (χ1v) is 6.05. The fraction of sp³-hybridized carbons (Fsp3) is 0. The number of hydrogen-bond donors (Lipinski definition) is 0. The van der Waals surface area contributed by atoms with Crippen molar-refractivity contribution in [3.63, 3.8) is 0 Å². The van der Waals surface area contributed by atoms with Crippen LogP contribution in [0.15, 0.2) is 42.6 Å². The van der Waals surface area contributed by atoms with Crippen LogP contribution in [-0.2, 0) is 0 Å². The van der Waals surface area contributed by atoms with Gasteiger partial charge in [0.05, 0.1) is 5.56 Å². The van der Waals surface area contributed by atoms with Gasteiger partial charge in [-0.15, -0.1) is 0 Å². The van der Waals surface area contributed by atoms with Crippen LogP contribution in [0.25, 0.3) is 0 Å². The van der Waals surface area contributed by atoms with Crippen LogP contribution in [0, 0.1) is 3.57 Å². The molecule has 0 aliphatic rings. The third kappa shape index (κ3) is 2.41. The van der Waals surface area contributed by atoms with Crippen LogP contribution in [0.3, 0.4) is 0 Å². The summed E-state index contributed by atoms with van der Waals surface area (Å²) in [5, 5.41) is 0.242. The predicted molar refractivity (Wildman–Crippen MR) is 71.8 cm³/mol. The van der Waals surface area contributed by atoms with Crippen molar-refractivity contribution in [1.29, 1.82) is 0 Å². The van der Waals surface area contributed by atoms with Crippen molar-refractivity contribution < 1.29 is 4.79 Å². The van der Waals surface area contributed by atoms with E-state index in [1.165, 1.54) is 0 Å². The van der Waals surface area contributed by atoms with Crippen molar-refractivity contribution in [2.24, 2.45) is 0 Å². The van der Waals surface area contributed by atoms with Gasteiger partial charge in [-0.1, -0.05) is 11.6 Å². The number of nitrogens with zero attached hydrogens (tertiary/aromatic N) is 1. The molecule has 2 nitrogen and oxygen atoms in total. The standard InChI is InChI=1S/C12H7ClINO/c13-12-10(2-1-7-15-12)11(16)8-3-5-9(14)6-4-8/h1-7H. The van der Waals surface area contributed by atoms with Crippen LogP contribution < -0.4 is 0 Å². The molecule has 0 aliphatic carbocycles. The maximum atomic E-state index is 12.1. The second-order valence-corrected chi connectivity index (χ2v) is 4.78. The molecule has 1 heterocycles. The average Bonchev–Trinajstić information content (AvgIpc) is 2.30. The summed E-state index contributed by atoms with van der Waals surface area (Å²) in [6.45, 7) is 0. The van der Waals surface area contributed by atoms with Crippen molar-refractivity contribution in [2.45, 2.75) is 0 Å². The van der Waals surface area contributed by atoms with Gasteiger partial charge in [-0.2, -0.15) is 0 Å². The van der Waals surface area contributed by atoms with Crippen LogP contribution >= 0.6 is 34.2 Å². The van der Waals surface area contributed by atoms with Gasteiger partial charge < -0.3 is 0 Å². The number of hydrogen-bond acceptors (Lipinski definition) is 2. The summed E-state index contributed by atoms with van der Waals surface area (Å²) in [6.07, 6.45) is 1.56. The Kier molecular flexibility index (Phi) is 3.56. The first kappa shape index (κ1) is 11.5. The Labute approximate surface area is 112 Å². The first-order chi connectivity index (χ1) is 7.68. The van der Waals surface area contributed by atoms with E-state index < -0.39 is 0 Å². The van der Waals surface area contributed by atoms with Crippen molar-refractivity contribution in [3.8, 4) is 0 Å². The zero-order valence-corrected chi connectivity index (χ0v) is 11.1. The summed E-state index contributed by atoms with van der Waals surface area (Å²) in [4.78, 5) is 15.9. The lowest BCUT2D eigenvalue weighted by Crippen LogP contribution is -2.02. The van der Waals surface area contributed by atoms with Gasteiger partial charge in [-0.25, -0.2) is 4.98 Å². The van der Waals surface area contributed by atoms with Gasteiger partial charge >= 0.3 is 0 Å². The van der Waals surface area contributed by atoms with Crippen LogP contribution in [0.5, 0.6) is 0 Å². The van der Waals surface area contributed by atoms with Crippen LogP contribution in [-0.4, -0.2) is 10.8 Å². The molecule has 0 bridgehead atoms. The van der Waals surface area contributed by atoms with Gasteiger partial charge in [0, 0.05) is 15.3 Å². The highest BCUT2D eigenvalue weighted by Crippen LogP contribution is 2.17. The van der Waals surface area contributed by atoms with E-state index in [4.69, 9.17) is 11.6 Å². The molecule has 0 fully saturated rings. The van der Waals surface area contributed by atoms with E-state index in [9.17, 15) is 4.79 Å². The molecule has 2 aromatic rings. The number of pyridine rings is 1. The lowest BCUT2D eigenvalue weighted by molar-refractivity contribution is 0.103. The summed E-state index contributed by atoms with van der Waals surface area (Å²) in [5.74, 6) is -0.102. The Hall–Kier alpha value is -0.940. The minimum atomic E-state index is -0.102. The summed E-state index contributed by atoms with van der Waals surface area (Å²) < 4.78 is 1.09. The molecule has 0 amide bonds. The summed E-state index contributed by atoms with van der Waals surface area (Å²) >= 11 is 8.06. The molecule has 0 saturated carbocycles. The van der Waals surface area contributed by atoms with Crippen molar-refractivity contribution in [1.82, 2.24) is 4.98 Å². The molecule has 16 heavy (non-hydrogen) atoms. The van der Waals surface area contributed by atoms with E-state index in [0.29, 0.717) is 11.1 Å². The Morgan fingerprint density at radius 3 is 2.50 bits per heavy atom. The number of carbonyl (C=O) groups is 1. The molecule has 4 heteroatoms. The minimum Gasteiger partial charge on any atom is -0.288 e. The summed E-state index contributed by atoms with van der Waals surface area (Å²) in [5.41, 5.74) is 1.06. The smallest absolute Gasteiger partial charge is 0.196 e. The monoisotopic (exact) mass is 343 g/mol. The molecule has 0 aliphatic heterocycles. The van der Waals surface area contributed by atoms with Gasteiger partial charge in [0.2, 0.25) is 0 Å². The molecule has 0 N–H and O–H groups in total. The highest BCUT2D eigenvalue weighted by Gasteiger charge is 2.12. The van der Waals surface area contributed by atoms with E-state index in [2.05, 4.69) is 27.6 Å². The summed E-state index contributed by atoms with van der Waals surface area (Å²) in [6, 6.07) is 10.7. The quantitative estimate of drug-likeness (QED) is 0.474. The fourth-order valence-electron chi connectivity index (χ4n) is 1.31. The third-order valence-electron chi connectivity index (χ3n) is 2.11. The van der Waals surface area contributed by atoms with E-state index in [-0.39, 0.29) is 10.9 Å². The lowest BCUT2D eigenvalue weighted by Gasteiger charge is -2.02. The first-order valence-electron chi connectivity index (χ1n) is 4.59. The molecule has 1 aromatic carbocycles. The van der Waals surface area contributed by atoms with Crippen LogP contribution in [0.4, 0.5) is 0 Å². The Morgan fingerprint density at radius 1 is 1.19 bits per heavy atom. The number of benzene rings is 1. The van der Waals surface area contributed by atoms with E-state index in [1.807, 2.05) is 12.1 Å². The lowest BCUT2D eigenvalue weighted by atomic mass is 10.1. The maximum absolute atomic E-state index is 12.1. The van der Waals surface area contributed by atoms with Gasteiger partial charge in [-0.3, -0.25) is 4.79 Å². The van der Waals surface area contributed by atoms with Gasteiger partial charge in [0.15, 0.2) is 5.78 Å². The van der Waals surface area contributed by atoms with E-state index in [0.717, 1.165) is 3.57 Å². The largest absolute Gasteiger partial charge is 0.288 e. The highest BCUT2D eigenvalue weighted by molar-refractivity contribution is 14.1. The van der Waals surface area contributed by atoms with Gasteiger partial charge in [-0.05, 0) is 59.0 Å². The number of ketones is 1. The van der Waals surface area contributed by atoms with Crippen molar-refractivity contribution in [2.75, 3.05) is 0 Å². The Morgan fingerprint density at radius 2 is 1.88 bits per heavy atom. The normalized spacial score (nSPS) is 10.1. The molecular formula is C12H7ClINO. The Balaban J connectivity index is 2.40. The molecule has 80 valence electrons. The molecule has 0 radical (unpaired) electrons. The number of rotatable bonds is 2. The maximum Gasteiger partial charge on any atom is 0.196 e. The van der Waals surface area contributed by atoms with Gasteiger partial charge in [0.1, 0.15) is 5.15 Å². The van der Waals surface area contributed by atoms with Crippen LogP contribution in [0.2, 0.25) is 5.15 Å². The zero-order chi connectivity index (χ0) is 11.5. The topological polar surface area (TPSA) is 30.0 Å². The van der Waals surface area contributed by atoms with Crippen molar-refractivity contribution >= 4 is 40.0 Å². The summed E-state index contributed by atoms with van der Waals surface area (Å²) in [7, 11) is 0. The van der Waals surface area contributed by atoms with Crippen molar-refractivity contribution in [3.05, 3.63) is 62.4 Å². The number of aromatic nitrogens is 1.